The van der Waals surface area contributed by atoms with Gasteiger partial charge in [-0.15, -0.1) is 0 Å². The summed E-state index contributed by atoms with van der Waals surface area (Å²) in [6, 6.07) is 15.2. The number of rotatable bonds is 4. The molecule has 1 atom stereocenters. The maximum atomic E-state index is 12.8. The van der Waals surface area contributed by atoms with Gasteiger partial charge in [-0.05, 0) is 24.1 Å². The summed E-state index contributed by atoms with van der Waals surface area (Å²) in [5.74, 6) is -1.49. The number of thioether (sulfide) groups is 1. The van der Waals surface area contributed by atoms with Crippen LogP contribution in [0.3, 0.4) is 0 Å². The molecule has 0 aliphatic carbocycles. The largest absolute Gasteiger partial charge is 0.479 e. The van der Waals surface area contributed by atoms with Crippen LogP contribution in [-0.4, -0.2) is 26.2 Å². The minimum absolute atomic E-state index is 0.250. The van der Waals surface area contributed by atoms with Crippen molar-refractivity contribution in [3.63, 3.8) is 0 Å². The molecule has 1 aliphatic rings. The van der Waals surface area contributed by atoms with Crippen molar-refractivity contribution in [2.24, 2.45) is 0 Å². The zero-order valence-electron chi connectivity index (χ0n) is 13.4. The number of hydrogen-bond donors (Lipinski definition) is 1. The zero-order chi connectivity index (χ0) is 18.0. The van der Waals surface area contributed by atoms with Crippen LogP contribution in [0, 0.1) is 6.92 Å². The summed E-state index contributed by atoms with van der Waals surface area (Å²) in [5.41, 5.74) is 2.48. The fraction of sp³-hybridized carbons (Fsp3) is 0.105. The number of carboxylic acid groups (broad SMARTS) is 1. The third-order valence-electron chi connectivity index (χ3n) is 3.77. The number of carbonyl (C=O) groups is 2. The molecular weight excluding hydrogens is 354 g/mol. The van der Waals surface area contributed by atoms with Crippen molar-refractivity contribution in [1.29, 1.82) is 0 Å². The smallest absolute Gasteiger partial charge is 0.331 e. The van der Waals surface area contributed by atoms with Gasteiger partial charge in [0.15, 0.2) is 6.04 Å². The lowest BCUT2D eigenvalue weighted by atomic mass is 10.1. The maximum absolute atomic E-state index is 12.8. The average molecular weight is 369 g/mol. The first-order valence-electron chi connectivity index (χ1n) is 7.59. The molecule has 1 saturated heterocycles. The van der Waals surface area contributed by atoms with Gasteiger partial charge in [-0.25, -0.2) is 4.79 Å². The summed E-state index contributed by atoms with van der Waals surface area (Å²) < 4.78 is 0.250. The molecule has 1 fully saturated rings. The van der Waals surface area contributed by atoms with Crippen LogP contribution < -0.4 is 0 Å². The summed E-state index contributed by atoms with van der Waals surface area (Å²) in [7, 11) is 0. The van der Waals surface area contributed by atoms with Crippen LogP contribution >= 0.6 is 24.0 Å². The molecule has 126 valence electrons. The van der Waals surface area contributed by atoms with Gasteiger partial charge >= 0.3 is 5.97 Å². The molecule has 2 aromatic carbocycles. The number of hydrogen-bond acceptors (Lipinski definition) is 4. The fourth-order valence-corrected chi connectivity index (χ4v) is 3.96. The SMILES string of the molecule is Cc1cccc(/C=C2\SC(=S)N([C@H](C(=O)O)c3ccccc3)C2=O)c1. The Morgan fingerprint density at radius 3 is 2.56 bits per heavy atom. The molecule has 0 unspecified atom stereocenters. The zero-order valence-corrected chi connectivity index (χ0v) is 15.0. The Hall–Kier alpha value is -2.44. The van der Waals surface area contributed by atoms with E-state index < -0.39 is 12.0 Å². The minimum atomic E-state index is -1.13. The Bertz CT molecular complexity index is 877. The second kappa shape index (κ2) is 7.21. The number of amides is 1. The van der Waals surface area contributed by atoms with E-state index in [-0.39, 0.29) is 10.2 Å². The van der Waals surface area contributed by atoms with E-state index in [9.17, 15) is 14.7 Å². The Balaban J connectivity index is 1.96. The van der Waals surface area contributed by atoms with E-state index in [0.717, 1.165) is 22.9 Å². The number of aliphatic carboxylic acids is 1. The van der Waals surface area contributed by atoms with Gasteiger partial charge in [0.2, 0.25) is 0 Å². The molecule has 3 rings (SSSR count). The second-order valence-corrected chi connectivity index (χ2v) is 7.29. The van der Waals surface area contributed by atoms with Crippen molar-refractivity contribution in [2.45, 2.75) is 13.0 Å². The Morgan fingerprint density at radius 2 is 1.92 bits per heavy atom. The van der Waals surface area contributed by atoms with E-state index >= 15 is 0 Å². The summed E-state index contributed by atoms with van der Waals surface area (Å²) in [6.45, 7) is 1.97. The number of aryl methyl sites for hydroxylation is 1. The van der Waals surface area contributed by atoms with Crippen molar-refractivity contribution < 1.29 is 14.7 Å². The van der Waals surface area contributed by atoms with Crippen LogP contribution in [-0.2, 0) is 9.59 Å². The molecule has 1 amide bonds. The normalized spacial score (nSPS) is 17.2. The van der Waals surface area contributed by atoms with Crippen molar-refractivity contribution in [3.05, 3.63) is 76.2 Å². The summed E-state index contributed by atoms with van der Waals surface area (Å²) in [4.78, 5) is 26.2. The van der Waals surface area contributed by atoms with Crippen molar-refractivity contribution in [2.75, 3.05) is 0 Å². The number of benzene rings is 2. The van der Waals surface area contributed by atoms with Gasteiger partial charge in [-0.1, -0.05) is 84.1 Å². The Labute approximate surface area is 155 Å². The number of thiocarbonyl (C=S) groups is 1. The molecule has 0 radical (unpaired) electrons. The molecule has 4 nitrogen and oxygen atoms in total. The van der Waals surface area contributed by atoms with Gasteiger partial charge in [0.05, 0.1) is 4.91 Å². The third kappa shape index (κ3) is 3.65. The lowest BCUT2D eigenvalue weighted by Crippen LogP contribution is -2.37. The third-order valence-corrected chi connectivity index (χ3v) is 5.10. The van der Waals surface area contributed by atoms with Crippen molar-refractivity contribution >= 4 is 46.3 Å². The van der Waals surface area contributed by atoms with Crippen LogP contribution in [0.4, 0.5) is 0 Å². The molecule has 25 heavy (non-hydrogen) atoms. The first-order valence-corrected chi connectivity index (χ1v) is 8.81. The number of nitrogens with zero attached hydrogens (tertiary/aromatic N) is 1. The molecule has 1 heterocycles. The van der Waals surface area contributed by atoms with Crippen LogP contribution in [0.5, 0.6) is 0 Å². The molecule has 0 aromatic heterocycles. The van der Waals surface area contributed by atoms with Crippen LogP contribution in [0.1, 0.15) is 22.7 Å². The van der Waals surface area contributed by atoms with Crippen molar-refractivity contribution in [1.82, 2.24) is 4.90 Å². The van der Waals surface area contributed by atoms with Gasteiger partial charge in [-0.3, -0.25) is 9.69 Å². The van der Waals surface area contributed by atoms with Gasteiger partial charge in [0, 0.05) is 0 Å². The standard InChI is InChI=1S/C19H15NO3S2/c1-12-6-5-7-13(10-12)11-15-17(21)20(19(24)25-15)16(18(22)23)14-8-3-2-4-9-14/h2-11,16H,1H3,(H,22,23)/b15-11-/t16-/m0/s1. The van der Waals surface area contributed by atoms with Gasteiger partial charge in [-0.2, -0.15) is 0 Å². The quantitative estimate of drug-likeness (QED) is 0.651. The fourth-order valence-electron chi connectivity index (χ4n) is 2.65. The molecule has 0 saturated carbocycles. The number of carboxylic acids is 1. The van der Waals surface area contributed by atoms with Gasteiger partial charge < -0.3 is 5.11 Å². The van der Waals surface area contributed by atoms with E-state index in [0.29, 0.717) is 10.5 Å². The van der Waals surface area contributed by atoms with E-state index in [1.165, 1.54) is 4.90 Å². The van der Waals surface area contributed by atoms with Crippen LogP contribution in [0.2, 0.25) is 0 Å². The molecular formula is C19H15NO3S2. The highest BCUT2D eigenvalue weighted by atomic mass is 32.2. The van der Waals surface area contributed by atoms with Gasteiger partial charge in [0.1, 0.15) is 4.32 Å². The first-order chi connectivity index (χ1) is 12.0. The Kier molecular flexibility index (Phi) is 5.01. The van der Waals surface area contributed by atoms with E-state index in [4.69, 9.17) is 12.2 Å². The predicted molar refractivity (Wildman–Crippen MR) is 103 cm³/mol. The van der Waals surface area contributed by atoms with Crippen molar-refractivity contribution in [3.8, 4) is 0 Å². The number of carbonyl (C=O) groups excluding carboxylic acids is 1. The molecule has 1 N–H and O–H groups in total. The summed E-state index contributed by atoms with van der Waals surface area (Å²) in [6.07, 6.45) is 1.75. The summed E-state index contributed by atoms with van der Waals surface area (Å²) >= 11 is 6.42. The first kappa shape index (κ1) is 17.4. The second-order valence-electron chi connectivity index (χ2n) is 5.62. The van der Waals surface area contributed by atoms with E-state index in [2.05, 4.69) is 0 Å². The van der Waals surface area contributed by atoms with E-state index in [1.54, 1.807) is 36.4 Å². The van der Waals surface area contributed by atoms with E-state index in [1.807, 2.05) is 31.2 Å². The lowest BCUT2D eigenvalue weighted by Gasteiger charge is -2.23. The molecule has 0 spiro atoms. The predicted octanol–water partition coefficient (Wildman–Crippen LogP) is 4.02. The monoisotopic (exact) mass is 369 g/mol. The topological polar surface area (TPSA) is 57.6 Å². The maximum Gasteiger partial charge on any atom is 0.331 e. The highest BCUT2D eigenvalue weighted by Gasteiger charge is 2.41. The molecule has 2 aromatic rings. The molecule has 1 aliphatic heterocycles. The molecule has 0 bridgehead atoms. The molecule has 6 heteroatoms. The van der Waals surface area contributed by atoms with Crippen LogP contribution in [0.25, 0.3) is 6.08 Å². The lowest BCUT2D eigenvalue weighted by molar-refractivity contribution is -0.145. The minimum Gasteiger partial charge on any atom is -0.479 e. The van der Waals surface area contributed by atoms with Crippen LogP contribution in [0.15, 0.2) is 59.5 Å². The summed E-state index contributed by atoms with van der Waals surface area (Å²) in [5, 5.41) is 9.65. The highest BCUT2D eigenvalue weighted by Crippen LogP contribution is 2.38. The van der Waals surface area contributed by atoms with Gasteiger partial charge in [0.25, 0.3) is 5.91 Å². The average Bonchev–Trinajstić information content (AvgIpc) is 2.84. The Morgan fingerprint density at radius 1 is 1.20 bits per heavy atom. The highest BCUT2D eigenvalue weighted by molar-refractivity contribution is 8.26.